The predicted octanol–water partition coefficient (Wildman–Crippen LogP) is 5.67. The van der Waals surface area contributed by atoms with E-state index in [1.807, 2.05) is 24.3 Å². The van der Waals surface area contributed by atoms with Crippen LogP contribution in [0.1, 0.15) is 26.7 Å². The van der Waals surface area contributed by atoms with E-state index in [1.165, 1.54) is 30.7 Å². The summed E-state index contributed by atoms with van der Waals surface area (Å²) in [6, 6.07) is 18.4. The molecule has 8 heteroatoms. The van der Waals surface area contributed by atoms with Gasteiger partial charge in [-0.1, -0.05) is 0 Å². The van der Waals surface area contributed by atoms with E-state index in [9.17, 15) is 9.59 Å². The maximum absolute atomic E-state index is 12.4. The van der Waals surface area contributed by atoms with Crippen molar-refractivity contribution in [2.45, 2.75) is 0 Å². The van der Waals surface area contributed by atoms with Crippen molar-refractivity contribution >= 4 is 46.4 Å². The average molecular weight is 527 g/mol. The summed E-state index contributed by atoms with van der Waals surface area (Å²) in [6.07, 6.45) is 4.31. The van der Waals surface area contributed by atoms with Gasteiger partial charge < -0.3 is 18.3 Å². The van der Waals surface area contributed by atoms with Crippen LogP contribution in [-0.2, 0) is 0 Å². The van der Waals surface area contributed by atoms with Crippen LogP contribution in [0, 0.1) is 3.57 Å². The Morgan fingerprint density at radius 1 is 0.839 bits per heavy atom. The van der Waals surface area contributed by atoms with Crippen LogP contribution in [-0.4, -0.2) is 18.2 Å². The number of carbonyl (C=O) groups excluding carboxylic acids is 2. The molecular weight excluding hydrogens is 513 g/mol. The number of halogens is 1. The van der Waals surface area contributed by atoms with Crippen LogP contribution in [0.15, 0.2) is 93.1 Å². The highest BCUT2D eigenvalue weighted by Gasteiger charge is 2.17. The summed E-state index contributed by atoms with van der Waals surface area (Å²) in [5.74, 6) is -0.940. The molecule has 2 aromatic carbocycles. The van der Waals surface area contributed by atoms with Gasteiger partial charge in [0, 0.05) is 21.4 Å². The Bertz CT molecular complexity index is 1210. The van der Waals surface area contributed by atoms with Crippen molar-refractivity contribution in [2.75, 3.05) is 0 Å². The molecule has 7 nitrogen and oxygen atoms in total. The minimum atomic E-state index is -0.691. The largest absolute Gasteiger partial charge is 0.457 e. The fourth-order valence-electron chi connectivity index (χ4n) is 2.54. The number of hydrogen-bond acceptors (Lipinski definition) is 7. The number of nitrogens with zero attached hydrogens (tertiary/aromatic N) is 1. The Morgan fingerprint density at radius 3 is 2.10 bits per heavy atom. The summed E-state index contributed by atoms with van der Waals surface area (Å²) in [7, 11) is 0. The lowest BCUT2D eigenvalue weighted by Gasteiger charge is -2.09. The van der Waals surface area contributed by atoms with E-state index in [-0.39, 0.29) is 23.0 Å². The second-order valence-corrected chi connectivity index (χ2v) is 7.41. The van der Waals surface area contributed by atoms with E-state index in [1.54, 1.807) is 30.5 Å². The van der Waals surface area contributed by atoms with Crippen LogP contribution >= 0.6 is 22.6 Å². The fourth-order valence-corrected chi connectivity index (χ4v) is 2.90. The Hall–Kier alpha value is -3.66. The quantitative estimate of drug-likeness (QED) is 0.139. The normalized spacial score (nSPS) is 10.9. The first-order chi connectivity index (χ1) is 15.1. The molecular formula is C23H14INO6. The molecule has 2 heterocycles. The number of aliphatic imine (C=N–C) groups is 1. The summed E-state index contributed by atoms with van der Waals surface area (Å²) >= 11 is 2.21. The van der Waals surface area contributed by atoms with E-state index in [0.29, 0.717) is 5.56 Å². The molecule has 31 heavy (non-hydrogen) atoms. The average Bonchev–Trinajstić information content (AvgIpc) is 3.49. The molecule has 0 saturated heterocycles. The summed E-state index contributed by atoms with van der Waals surface area (Å²) in [5.41, 5.74) is 1.24. The Labute approximate surface area is 190 Å². The van der Waals surface area contributed by atoms with Crippen LogP contribution in [0.2, 0.25) is 0 Å². The molecule has 0 unspecified atom stereocenters. The Kier molecular flexibility index (Phi) is 6.27. The van der Waals surface area contributed by atoms with Crippen LogP contribution in [0.3, 0.4) is 0 Å². The van der Waals surface area contributed by atoms with Gasteiger partial charge in [0.05, 0.1) is 18.2 Å². The third-order valence-electron chi connectivity index (χ3n) is 4.02. The molecule has 0 aliphatic carbocycles. The van der Waals surface area contributed by atoms with Crippen molar-refractivity contribution in [2.24, 2.45) is 4.99 Å². The van der Waals surface area contributed by atoms with E-state index in [4.69, 9.17) is 18.3 Å². The summed E-state index contributed by atoms with van der Waals surface area (Å²) in [4.78, 5) is 28.9. The van der Waals surface area contributed by atoms with E-state index in [2.05, 4.69) is 27.6 Å². The lowest BCUT2D eigenvalue weighted by molar-refractivity contribution is 0.0698. The molecule has 0 amide bonds. The van der Waals surface area contributed by atoms with E-state index < -0.39 is 11.9 Å². The Morgan fingerprint density at radius 2 is 1.48 bits per heavy atom. The highest BCUT2D eigenvalue weighted by molar-refractivity contribution is 14.1. The van der Waals surface area contributed by atoms with Crippen molar-refractivity contribution in [3.05, 3.63) is 99.9 Å². The SMILES string of the molecule is O=C(Oc1ccc(C=Nc2ccc(I)cc2)c(OC(=O)c2ccco2)c1)c1ccco1. The van der Waals surface area contributed by atoms with Crippen LogP contribution in [0.4, 0.5) is 5.69 Å². The number of benzene rings is 2. The summed E-state index contributed by atoms with van der Waals surface area (Å²) < 4.78 is 22.0. The first kappa shape index (κ1) is 20.6. The Balaban J connectivity index is 1.61. The van der Waals surface area contributed by atoms with Gasteiger partial charge in [-0.25, -0.2) is 9.59 Å². The van der Waals surface area contributed by atoms with Crippen molar-refractivity contribution in [1.29, 1.82) is 0 Å². The zero-order valence-corrected chi connectivity index (χ0v) is 18.0. The minimum absolute atomic E-state index is 0.0403. The smallest absolute Gasteiger partial charge is 0.379 e. The zero-order valence-electron chi connectivity index (χ0n) is 15.9. The van der Waals surface area contributed by atoms with Gasteiger partial charge in [0.2, 0.25) is 11.5 Å². The number of ether oxygens (including phenoxy) is 2. The zero-order chi connectivity index (χ0) is 21.6. The number of hydrogen-bond donors (Lipinski definition) is 0. The summed E-state index contributed by atoms with van der Waals surface area (Å²) in [6.45, 7) is 0. The van der Waals surface area contributed by atoms with Crippen molar-refractivity contribution in [3.8, 4) is 11.5 Å². The first-order valence-corrected chi connectivity index (χ1v) is 10.1. The first-order valence-electron chi connectivity index (χ1n) is 9.03. The lowest BCUT2D eigenvalue weighted by atomic mass is 10.2. The number of furan rings is 2. The number of carbonyl (C=O) groups is 2. The van der Waals surface area contributed by atoms with Gasteiger partial charge in [-0.2, -0.15) is 0 Å². The molecule has 0 atom stereocenters. The number of rotatable bonds is 6. The van der Waals surface area contributed by atoms with E-state index in [0.717, 1.165) is 9.26 Å². The van der Waals surface area contributed by atoms with Crippen molar-refractivity contribution in [1.82, 2.24) is 0 Å². The lowest BCUT2D eigenvalue weighted by Crippen LogP contribution is -2.10. The van der Waals surface area contributed by atoms with Crippen LogP contribution in [0.25, 0.3) is 0 Å². The third-order valence-corrected chi connectivity index (χ3v) is 4.74. The van der Waals surface area contributed by atoms with Crippen LogP contribution < -0.4 is 9.47 Å². The number of esters is 2. The summed E-state index contributed by atoms with van der Waals surface area (Å²) in [5, 5.41) is 0. The molecule has 0 spiro atoms. The molecule has 0 aliphatic rings. The predicted molar refractivity (Wildman–Crippen MR) is 120 cm³/mol. The monoisotopic (exact) mass is 527 g/mol. The standard InChI is InChI=1S/C23H14INO6/c24-16-6-8-17(9-7-16)25-14-15-5-10-18(30-22(26)19-3-1-11-28-19)13-21(15)31-23(27)20-4-2-12-29-20/h1-14H. The second-order valence-electron chi connectivity index (χ2n) is 6.17. The fraction of sp³-hybridized carbons (Fsp3) is 0. The molecule has 0 saturated carbocycles. The second kappa shape index (κ2) is 9.43. The highest BCUT2D eigenvalue weighted by Crippen LogP contribution is 2.26. The molecule has 0 N–H and O–H groups in total. The van der Waals surface area contributed by atoms with Gasteiger partial charge in [0.25, 0.3) is 0 Å². The molecule has 0 bridgehead atoms. The van der Waals surface area contributed by atoms with Crippen LogP contribution in [0.5, 0.6) is 11.5 Å². The topological polar surface area (TPSA) is 91.2 Å². The van der Waals surface area contributed by atoms with Gasteiger partial charge in [-0.15, -0.1) is 0 Å². The van der Waals surface area contributed by atoms with Gasteiger partial charge in [0.1, 0.15) is 11.5 Å². The molecule has 2 aromatic heterocycles. The van der Waals surface area contributed by atoms with Crippen molar-refractivity contribution < 1.29 is 27.9 Å². The minimum Gasteiger partial charge on any atom is -0.457 e. The molecule has 0 fully saturated rings. The maximum atomic E-state index is 12.4. The van der Waals surface area contributed by atoms with E-state index >= 15 is 0 Å². The van der Waals surface area contributed by atoms with Gasteiger partial charge >= 0.3 is 11.9 Å². The highest BCUT2D eigenvalue weighted by atomic mass is 127. The van der Waals surface area contributed by atoms with Gasteiger partial charge in [0.15, 0.2) is 0 Å². The van der Waals surface area contributed by atoms with Crippen molar-refractivity contribution in [3.63, 3.8) is 0 Å². The molecule has 0 aliphatic heterocycles. The third kappa shape index (κ3) is 5.28. The molecule has 154 valence electrons. The molecule has 0 radical (unpaired) electrons. The maximum Gasteiger partial charge on any atom is 0.379 e. The molecule has 4 aromatic rings. The van der Waals surface area contributed by atoms with Gasteiger partial charge in [-0.05, 0) is 83.3 Å². The van der Waals surface area contributed by atoms with Gasteiger partial charge in [-0.3, -0.25) is 4.99 Å². The molecule has 4 rings (SSSR count).